The Morgan fingerprint density at radius 1 is 1.26 bits per heavy atom. The van der Waals surface area contributed by atoms with E-state index >= 15 is 0 Å². The molecule has 23 heavy (non-hydrogen) atoms. The molecule has 1 aromatic heterocycles. The molecule has 1 heterocycles. The van der Waals surface area contributed by atoms with E-state index in [4.69, 9.17) is 4.74 Å². The zero-order chi connectivity index (χ0) is 17.2. The molecule has 0 saturated heterocycles. The van der Waals surface area contributed by atoms with Gasteiger partial charge in [-0.1, -0.05) is 6.07 Å². The number of methoxy groups -OCH3 is 1. The van der Waals surface area contributed by atoms with Crippen molar-refractivity contribution in [1.29, 1.82) is 0 Å². The normalized spacial score (nSPS) is 11.3. The molecule has 0 N–H and O–H groups in total. The standard InChI is InChI=1S/C14H11F3N2O4/c1-23-12-6-9(2-4-11(12)19(21)22)7-18-8-10(14(15,16)17)3-5-13(18)20/h2-6,8H,7H2,1H3. The first kappa shape index (κ1) is 16.5. The molecule has 0 saturated carbocycles. The maximum Gasteiger partial charge on any atom is 0.417 e. The van der Waals surface area contributed by atoms with Crippen LogP contribution in [0, 0.1) is 10.1 Å². The Morgan fingerprint density at radius 3 is 2.52 bits per heavy atom. The summed E-state index contributed by atoms with van der Waals surface area (Å²) in [6.07, 6.45) is -3.86. The molecular formula is C14H11F3N2O4. The summed E-state index contributed by atoms with van der Waals surface area (Å²) in [4.78, 5) is 21.9. The van der Waals surface area contributed by atoms with Crippen molar-refractivity contribution >= 4 is 5.69 Å². The fraction of sp³-hybridized carbons (Fsp3) is 0.214. The average molecular weight is 328 g/mol. The van der Waals surface area contributed by atoms with Crippen LogP contribution in [0.15, 0.2) is 41.3 Å². The molecule has 0 fully saturated rings. The predicted molar refractivity (Wildman–Crippen MR) is 74.5 cm³/mol. The van der Waals surface area contributed by atoms with E-state index in [1.54, 1.807) is 0 Å². The van der Waals surface area contributed by atoms with Gasteiger partial charge in [0.2, 0.25) is 0 Å². The Labute approximate surface area is 127 Å². The third-order valence-corrected chi connectivity index (χ3v) is 3.10. The maximum absolute atomic E-state index is 12.7. The molecule has 0 aliphatic carbocycles. The van der Waals surface area contributed by atoms with Gasteiger partial charge in [-0.2, -0.15) is 13.2 Å². The molecule has 0 bridgehead atoms. The lowest BCUT2D eigenvalue weighted by atomic mass is 10.1. The van der Waals surface area contributed by atoms with Gasteiger partial charge in [0.05, 0.1) is 24.1 Å². The summed E-state index contributed by atoms with van der Waals surface area (Å²) in [7, 11) is 1.24. The third-order valence-electron chi connectivity index (χ3n) is 3.10. The smallest absolute Gasteiger partial charge is 0.417 e. The van der Waals surface area contributed by atoms with E-state index < -0.39 is 22.2 Å². The summed E-state index contributed by atoms with van der Waals surface area (Å²) < 4.78 is 43.8. The minimum absolute atomic E-state index is 0.0347. The van der Waals surface area contributed by atoms with Crippen molar-refractivity contribution in [1.82, 2.24) is 4.57 Å². The van der Waals surface area contributed by atoms with Gasteiger partial charge in [-0.15, -0.1) is 0 Å². The number of nitro groups is 1. The number of nitrogens with zero attached hydrogens (tertiary/aromatic N) is 2. The number of pyridine rings is 1. The number of hydrogen-bond acceptors (Lipinski definition) is 4. The third kappa shape index (κ3) is 3.68. The summed E-state index contributed by atoms with van der Waals surface area (Å²) in [5, 5.41) is 10.8. The van der Waals surface area contributed by atoms with E-state index in [-0.39, 0.29) is 18.0 Å². The van der Waals surface area contributed by atoms with Crippen LogP contribution in [0.25, 0.3) is 0 Å². The first-order valence-corrected chi connectivity index (χ1v) is 6.31. The fourth-order valence-corrected chi connectivity index (χ4v) is 1.99. The number of alkyl halides is 3. The molecule has 9 heteroatoms. The van der Waals surface area contributed by atoms with E-state index in [1.807, 2.05) is 0 Å². The van der Waals surface area contributed by atoms with E-state index in [1.165, 1.54) is 25.3 Å². The Morgan fingerprint density at radius 2 is 1.96 bits per heavy atom. The number of rotatable bonds is 4. The van der Waals surface area contributed by atoms with Crippen LogP contribution in [0.5, 0.6) is 5.75 Å². The lowest BCUT2D eigenvalue weighted by Crippen LogP contribution is -2.21. The van der Waals surface area contributed by atoms with Crippen molar-refractivity contribution in [3.05, 3.63) is 68.1 Å². The average Bonchev–Trinajstić information content (AvgIpc) is 2.48. The number of nitro benzene ring substituents is 1. The quantitative estimate of drug-likeness (QED) is 0.639. The summed E-state index contributed by atoms with van der Waals surface area (Å²) >= 11 is 0. The number of halogens is 3. The summed E-state index contributed by atoms with van der Waals surface area (Å²) in [5.74, 6) is -0.0347. The number of aromatic nitrogens is 1. The summed E-state index contributed by atoms with van der Waals surface area (Å²) in [6, 6.07) is 5.37. The van der Waals surface area contributed by atoms with Crippen molar-refractivity contribution in [3.8, 4) is 5.75 Å². The van der Waals surface area contributed by atoms with Gasteiger partial charge in [0, 0.05) is 18.3 Å². The molecule has 0 atom stereocenters. The largest absolute Gasteiger partial charge is 0.490 e. The Balaban J connectivity index is 2.40. The topological polar surface area (TPSA) is 74.4 Å². The Kier molecular flexibility index (Phi) is 4.39. The fourth-order valence-electron chi connectivity index (χ4n) is 1.99. The van der Waals surface area contributed by atoms with Crippen molar-refractivity contribution in [2.45, 2.75) is 12.7 Å². The van der Waals surface area contributed by atoms with Gasteiger partial charge in [-0.05, 0) is 17.7 Å². The first-order chi connectivity index (χ1) is 10.7. The zero-order valence-corrected chi connectivity index (χ0v) is 11.8. The molecule has 0 aliphatic heterocycles. The molecule has 2 rings (SSSR count). The van der Waals surface area contributed by atoms with Crippen LogP contribution >= 0.6 is 0 Å². The zero-order valence-electron chi connectivity index (χ0n) is 11.8. The molecule has 1 aromatic carbocycles. The first-order valence-electron chi connectivity index (χ1n) is 6.31. The van der Waals surface area contributed by atoms with Gasteiger partial charge in [0.15, 0.2) is 5.75 Å². The second-order valence-corrected chi connectivity index (χ2v) is 4.64. The van der Waals surface area contributed by atoms with E-state index in [9.17, 15) is 28.1 Å². The molecule has 0 radical (unpaired) electrons. The van der Waals surface area contributed by atoms with Crippen LogP contribution in [-0.2, 0) is 12.7 Å². The molecular weight excluding hydrogens is 317 g/mol. The van der Waals surface area contributed by atoms with Crippen LogP contribution in [0.3, 0.4) is 0 Å². The van der Waals surface area contributed by atoms with Crippen molar-refractivity contribution in [2.75, 3.05) is 7.11 Å². The molecule has 0 spiro atoms. The Bertz CT molecular complexity index is 799. The van der Waals surface area contributed by atoms with E-state index in [0.29, 0.717) is 17.8 Å². The van der Waals surface area contributed by atoms with Crippen LogP contribution in [0.1, 0.15) is 11.1 Å². The van der Waals surface area contributed by atoms with Gasteiger partial charge in [-0.25, -0.2) is 0 Å². The van der Waals surface area contributed by atoms with E-state index in [2.05, 4.69) is 0 Å². The lowest BCUT2D eigenvalue weighted by Gasteiger charge is -2.11. The molecule has 2 aromatic rings. The van der Waals surface area contributed by atoms with Crippen LogP contribution in [0.2, 0.25) is 0 Å². The second-order valence-electron chi connectivity index (χ2n) is 4.64. The van der Waals surface area contributed by atoms with Crippen molar-refractivity contribution < 1.29 is 22.8 Å². The summed E-state index contributed by atoms with van der Waals surface area (Å²) in [6.45, 7) is -0.170. The van der Waals surface area contributed by atoms with Crippen LogP contribution in [-0.4, -0.2) is 16.6 Å². The molecule has 0 amide bonds. The van der Waals surface area contributed by atoms with E-state index in [0.717, 1.165) is 10.6 Å². The predicted octanol–water partition coefficient (Wildman–Crippen LogP) is 2.83. The highest BCUT2D eigenvalue weighted by Crippen LogP contribution is 2.29. The highest BCUT2D eigenvalue weighted by molar-refractivity contribution is 5.48. The van der Waals surface area contributed by atoms with Gasteiger partial charge in [0.1, 0.15) is 0 Å². The van der Waals surface area contributed by atoms with Gasteiger partial charge >= 0.3 is 11.9 Å². The molecule has 6 nitrogen and oxygen atoms in total. The summed E-state index contributed by atoms with van der Waals surface area (Å²) in [5.41, 5.74) is -1.44. The van der Waals surface area contributed by atoms with Crippen LogP contribution in [0.4, 0.5) is 18.9 Å². The number of ether oxygens (including phenoxy) is 1. The molecule has 122 valence electrons. The van der Waals surface area contributed by atoms with Crippen molar-refractivity contribution in [3.63, 3.8) is 0 Å². The number of benzene rings is 1. The molecule has 0 aliphatic rings. The number of hydrogen-bond donors (Lipinski definition) is 0. The minimum Gasteiger partial charge on any atom is -0.490 e. The van der Waals surface area contributed by atoms with Crippen LogP contribution < -0.4 is 10.3 Å². The van der Waals surface area contributed by atoms with Gasteiger partial charge < -0.3 is 9.30 Å². The highest BCUT2D eigenvalue weighted by Gasteiger charge is 2.31. The van der Waals surface area contributed by atoms with Gasteiger partial charge in [-0.3, -0.25) is 14.9 Å². The highest BCUT2D eigenvalue weighted by atomic mass is 19.4. The van der Waals surface area contributed by atoms with Crippen molar-refractivity contribution in [2.24, 2.45) is 0 Å². The lowest BCUT2D eigenvalue weighted by molar-refractivity contribution is -0.385. The monoisotopic (exact) mass is 328 g/mol. The maximum atomic E-state index is 12.7. The van der Waals surface area contributed by atoms with Gasteiger partial charge in [0.25, 0.3) is 5.56 Å². The molecule has 0 unspecified atom stereocenters. The Hall–Kier alpha value is -2.84. The second kappa shape index (κ2) is 6.11. The minimum atomic E-state index is -4.57. The SMILES string of the molecule is COc1cc(Cn2cc(C(F)(F)F)ccc2=O)ccc1[N+](=O)[O-].